The van der Waals surface area contributed by atoms with Crippen molar-refractivity contribution in [3.8, 4) is 22.7 Å². The number of aromatic nitrogens is 5. The zero-order valence-corrected chi connectivity index (χ0v) is 27.0. The van der Waals surface area contributed by atoms with Gasteiger partial charge >= 0.3 is 0 Å². The van der Waals surface area contributed by atoms with Crippen LogP contribution in [0.25, 0.3) is 88.2 Å². The van der Waals surface area contributed by atoms with Crippen LogP contribution in [0.15, 0.2) is 176 Å². The molecule has 0 fully saturated rings. The molecule has 11 aromatic rings. The molecule has 5 nitrogen and oxygen atoms in total. The number of hydrogen-bond donors (Lipinski definition) is 0. The van der Waals surface area contributed by atoms with E-state index < -0.39 is 0 Å². The summed E-state index contributed by atoms with van der Waals surface area (Å²) in [5.74, 6) is 0. The molecule has 0 aliphatic rings. The Morgan fingerprint density at radius 3 is 1.24 bits per heavy atom. The quantitative estimate of drug-likeness (QED) is 0.189. The van der Waals surface area contributed by atoms with Crippen LogP contribution in [0.4, 0.5) is 0 Å². The summed E-state index contributed by atoms with van der Waals surface area (Å²) in [6.45, 7) is 0. The van der Waals surface area contributed by atoms with Gasteiger partial charge in [-0.05, 0) is 66.7 Å². The van der Waals surface area contributed by atoms with Gasteiger partial charge in [0.2, 0.25) is 0 Å². The molecule has 234 valence electrons. The van der Waals surface area contributed by atoms with Crippen LogP contribution in [0.1, 0.15) is 0 Å². The summed E-state index contributed by atoms with van der Waals surface area (Å²) in [4.78, 5) is 4.94. The zero-order chi connectivity index (χ0) is 32.8. The normalized spacial score (nSPS) is 12.0. The minimum absolute atomic E-state index is 1.02. The molecule has 0 amide bonds. The predicted molar refractivity (Wildman–Crippen MR) is 207 cm³/mol. The number of fused-ring (bicyclic) bond motifs is 10. The molecule has 6 aromatic carbocycles. The molecule has 0 saturated carbocycles. The Hall–Kier alpha value is -6.85. The summed E-state index contributed by atoms with van der Waals surface area (Å²) >= 11 is 0. The highest BCUT2D eigenvalue weighted by Crippen LogP contribution is 2.40. The van der Waals surface area contributed by atoms with Gasteiger partial charge in [-0.15, -0.1) is 0 Å². The Morgan fingerprint density at radius 1 is 0.320 bits per heavy atom. The highest BCUT2D eigenvalue weighted by Gasteiger charge is 2.20. The molecule has 0 aliphatic heterocycles. The Kier molecular flexibility index (Phi) is 5.60. The monoisotopic (exact) mass is 639 g/mol. The van der Waals surface area contributed by atoms with Crippen LogP contribution in [-0.4, -0.2) is 23.3 Å². The maximum atomic E-state index is 4.94. The van der Waals surface area contributed by atoms with Crippen molar-refractivity contribution < 1.29 is 0 Å². The fourth-order valence-electron chi connectivity index (χ4n) is 8.18. The van der Waals surface area contributed by atoms with Crippen LogP contribution >= 0.6 is 0 Å². The van der Waals surface area contributed by atoms with E-state index in [4.69, 9.17) is 4.98 Å². The van der Waals surface area contributed by atoms with Gasteiger partial charge in [-0.3, -0.25) is 4.98 Å². The fraction of sp³-hybridized carbons (Fsp3) is 0. The van der Waals surface area contributed by atoms with Crippen LogP contribution in [0.3, 0.4) is 0 Å². The molecular weight excluding hydrogens is 611 g/mol. The van der Waals surface area contributed by atoms with E-state index in [0.29, 0.717) is 0 Å². The van der Waals surface area contributed by atoms with Gasteiger partial charge in [-0.2, -0.15) is 0 Å². The number of hydrogen-bond acceptors (Lipinski definition) is 1. The Labute approximate surface area is 287 Å². The lowest BCUT2D eigenvalue weighted by molar-refractivity contribution is 1.09. The second-order valence-electron chi connectivity index (χ2n) is 12.9. The van der Waals surface area contributed by atoms with Gasteiger partial charge in [-0.25, -0.2) is 0 Å². The van der Waals surface area contributed by atoms with E-state index >= 15 is 0 Å². The maximum absolute atomic E-state index is 4.94. The molecule has 0 radical (unpaired) electrons. The third-order valence-electron chi connectivity index (χ3n) is 10.3. The van der Waals surface area contributed by atoms with Crippen LogP contribution in [0, 0.1) is 0 Å². The zero-order valence-electron chi connectivity index (χ0n) is 27.0. The van der Waals surface area contributed by atoms with E-state index in [9.17, 15) is 0 Å². The average molecular weight is 640 g/mol. The van der Waals surface area contributed by atoms with Crippen LogP contribution in [-0.2, 0) is 0 Å². The largest absolute Gasteiger partial charge is 0.316 e. The topological polar surface area (TPSA) is 32.6 Å². The average Bonchev–Trinajstić information content (AvgIpc) is 3.96. The lowest BCUT2D eigenvalue weighted by Crippen LogP contribution is -2.00. The van der Waals surface area contributed by atoms with E-state index in [0.717, 1.165) is 33.8 Å². The third kappa shape index (κ3) is 3.74. The van der Waals surface area contributed by atoms with Crippen molar-refractivity contribution in [2.45, 2.75) is 0 Å². The van der Waals surface area contributed by atoms with Crippen molar-refractivity contribution in [2.24, 2.45) is 0 Å². The van der Waals surface area contributed by atoms with Crippen LogP contribution in [0.5, 0.6) is 0 Å². The van der Waals surface area contributed by atoms with Crippen molar-refractivity contribution in [2.75, 3.05) is 0 Å². The molecule has 5 heterocycles. The van der Waals surface area contributed by atoms with Gasteiger partial charge in [0.15, 0.2) is 0 Å². The van der Waals surface area contributed by atoms with E-state index in [1.807, 2.05) is 12.4 Å². The standard InChI is InChI=1S/C45H29N5/c1-3-11-30(12-4-1)47-25-23-38-40(47)21-19-36-34-15-7-9-17-42(34)49(44(36)38)32-27-33(29-46-28-32)50-43-18-10-8-16-35(43)37-20-22-41-39(45(37)50)24-26-48(41)31-13-5-2-6-14-31/h1-29H. The molecular formula is C45H29N5. The molecule has 0 atom stereocenters. The molecule has 5 heteroatoms. The first-order valence-corrected chi connectivity index (χ1v) is 17.0. The van der Waals surface area contributed by atoms with E-state index in [1.54, 1.807) is 0 Å². The van der Waals surface area contributed by atoms with Gasteiger partial charge < -0.3 is 18.3 Å². The van der Waals surface area contributed by atoms with Crippen molar-refractivity contribution in [1.82, 2.24) is 23.3 Å². The number of rotatable bonds is 4. The van der Waals surface area contributed by atoms with Gasteiger partial charge in [-0.1, -0.05) is 84.9 Å². The summed E-state index contributed by atoms with van der Waals surface area (Å²) in [6.07, 6.45) is 8.36. The van der Waals surface area contributed by atoms with E-state index in [-0.39, 0.29) is 0 Å². The summed E-state index contributed by atoms with van der Waals surface area (Å²) in [6, 6.07) is 54.4. The molecule has 0 aliphatic carbocycles. The lowest BCUT2D eigenvalue weighted by Gasteiger charge is -2.13. The first kappa shape index (κ1) is 27.1. The summed E-state index contributed by atoms with van der Waals surface area (Å²) in [5, 5.41) is 7.31. The van der Waals surface area contributed by atoms with Crippen molar-refractivity contribution in [3.63, 3.8) is 0 Å². The van der Waals surface area contributed by atoms with E-state index in [1.165, 1.54) is 54.4 Å². The van der Waals surface area contributed by atoms with Crippen molar-refractivity contribution >= 4 is 65.4 Å². The van der Waals surface area contributed by atoms with Gasteiger partial charge in [0.25, 0.3) is 0 Å². The third-order valence-corrected chi connectivity index (χ3v) is 10.3. The minimum Gasteiger partial charge on any atom is -0.316 e. The summed E-state index contributed by atoms with van der Waals surface area (Å²) in [7, 11) is 0. The number of pyridine rings is 1. The molecule has 0 N–H and O–H groups in total. The number of para-hydroxylation sites is 4. The van der Waals surface area contributed by atoms with Crippen LogP contribution in [0.2, 0.25) is 0 Å². The fourth-order valence-corrected chi connectivity index (χ4v) is 8.18. The van der Waals surface area contributed by atoms with Gasteiger partial charge in [0, 0.05) is 56.1 Å². The minimum atomic E-state index is 1.02. The molecule has 0 unspecified atom stereocenters. The first-order valence-electron chi connectivity index (χ1n) is 17.0. The number of benzene rings is 6. The smallest absolute Gasteiger partial charge is 0.0666 e. The predicted octanol–water partition coefficient (Wildman–Crippen LogP) is 11.2. The SMILES string of the molecule is c1ccc(-n2ccc3c2ccc2c4ccccc4n(-c4cncc(-n5c6ccccc6c6ccc7c(ccn7-c7ccccc7)c65)c4)c23)cc1. The highest BCUT2D eigenvalue weighted by atomic mass is 15.0. The second-order valence-corrected chi connectivity index (χ2v) is 12.9. The van der Waals surface area contributed by atoms with E-state index in [2.05, 4.69) is 182 Å². The molecule has 50 heavy (non-hydrogen) atoms. The Morgan fingerprint density at radius 2 is 0.760 bits per heavy atom. The summed E-state index contributed by atoms with van der Waals surface area (Å²) in [5.41, 5.74) is 11.4. The molecule has 0 bridgehead atoms. The second kappa shape index (κ2) is 10.3. The molecule has 0 spiro atoms. The van der Waals surface area contributed by atoms with Gasteiger partial charge in [0.05, 0.1) is 56.9 Å². The maximum Gasteiger partial charge on any atom is 0.0666 e. The van der Waals surface area contributed by atoms with Crippen LogP contribution < -0.4 is 0 Å². The molecule has 5 aromatic heterocycles. The van der Waals surface area contributed by atoms with Crippen molar-refractivity contribution in [1.29, 1.82) is 0 Å². The Bertz CT molecular complexity index is 2880. The first-order chi connectivity index (χ1) is 24.8. The summed E-state index contributed by atoms with van der Waals surface area (Å²) < 4.78 is 9.34. The Balaban J connectivity index is 1.19. The van der Waals surface area contributed by atoms with Gasteiger partial charge in [0.1, 0.15) is 0 Å². The molecule has 11 rings (SSSR count). The highest BCUT2D eigenvalue weighted by molar-refractivity contribution is 6.20. The molecule has 0 saturated heterocycles. The lowest BCUT2D eigenvalue weighted by atomic mass is 10.1. The number of nitrogens with zero attached hydrogens (tertiary/aromatic N) is 5. The van der Waals surface area contributed by atoms with Crippen molar-refractivity contribution in [3.05, 3.63) is 176 Å².